The summed E-state index contributed by atoms with van der Waals surface area (Å²) in [5.41, 5.74) is 0.796. The Labute approximate surface area is 200 Å². The first-order valence-corrected chi connectivity index (χ1v) is 14.4. The van der Waals surface area contributed by atoms with E-state index in [0.29, 0.717) is 37.2 Å². The van der Waals surface area contributed by atoms with Crippen LogP contribution in [-0.4, -0.2) is 72.3 Å². The van der Waals surface area contributed by atoms with Gasteiger partial charge in [-0.25, -0.2) is 8.42 Å². The summed E-state index contributed by atoms with van der Waals surface area (Å²) in [6.07, 6.45) is 8.33. The molecule has 1 atom stereocenters. The van der Waals surface area contributed by atoms with Crippen LogP contribution >= 0.6 is 11.8 Å². The second-order valence-electron chi connectivity index (χ2n) is 8.96. The second kappa shape index (κ2) is 10.4. The van der Waals surface area contributed by atoms with Gasteiger partial charge < -0.3 is 9.47 Å². The summed E-state index contributed by atoms with van der Waals surface area (Å²) in [5, 5.41) is 10.0. The van der Waals surface area contributed by atoms with Gasteiger partial charge in [0.15, 0.2) is 11.0 Å². The molecule has 0 unspecified atom stereocenters. The Kier molecular flexibility index (Phi) is 7.36. The first-order valence-electron chi connectivity index (χ1n) is 12.0. The van der Waals surface area contributed by atoms with Crippen LogP contribution in [0.1, 0.15) is 51.0 Å². The molecule has 5 rings (SSSR count). The number of rotatable bonds is 7. The number of aromatic nitrogens is 3. The van der Waals surface area contributed by atoms with Crippen LogP contribution in [0, 0.1) is 0 Å². The maximum atomic E-state index is 13.2. The zero-order valence-corrected chi connectivity index (χ0v) is 20.5. The van der Waals surface area contributed by atoms with Crippen molar-refractivity contribution < 1.29 is 17.9 Å². The summed E-state index contributed by atoms with van der Waals surface area (Å²) in [4.78, 5) is 0.299. The van der Waals surface area contributed by atoms with E-state index in [1.165, 1.54) is 23.6 Å². The number of ether oxygens (including phenoxy) is 2. The Morgan fingerprint density at radius 1 is 1.00 bits per heavy atom. The molecule has 0 radical (unpaired) electrons. The van der Waals surface area contributed by atoms with Gasteiger partial charge in [-0.05, 0) is 44.2 Å². The van der Waals surface area contributed by atoms with Crippen molar-refractivity contribution >= 4 is 21.8 Å². The third-order valence-corrected chi connectivity index (χ3v) is 9.70. The monoisotopic (exact) mass is 492 g/mol. The normalized spacial score (nSPS) is 23.2. The predicted octanol–water partition coefficient (Wildman–Crippen LogP) is 3.74. The smallest absolute Gasteiger partial charge is 0.243 e. The highest BCUT2D eigenvalue weighted by Crippen LogP contribution is 2.37. The number of hydrogen-bond acceptors (Lipinski definition) is 7. The molecule has 0 amide bonds. The number of benzene rings is 1. The molecule has 3 aliphatic rings. The second-order valence-corrected chi connectivity index (χ2v) is 11.9. The van der Waals surface area contributed by atoms with Gasteiger partial charge in [0.1, 0.15) is 0 Å². The highest BCUT2D eigenvalue weighted by atomic mass is 32.2. The van der Waals surface area contributed by atoms with Crippen molar-refractivity contribution in [2.24, 2.45) is 0 Å². The van der Waals surface area contributed by atoms with Crippen LogP contribution in [0.3, 0.4) is 0 Å². The molecule has 8 nitrogen and oxygen atoms in total. The van der Waals surface area contributed by atoms with Crippen molar-refractivity contribution in [3.63, 3.8) is 0 Å². The molecule has 1 saturated carbocycles. The Hall–Kier alpha value is -1.46. The summed E-state index contributed by atoms with van der Waals surface area (Å²) in [7, 11) is -3.57. The molecule has 10 heteroatoms. The van der Waals surface area contributed by atoms with Gasteiger partial charge >= 0.3 is 0 Å². The van der Waals surface area contributed by atoms with E-state index in [1.807, 2.05) is 6.07 Å². The number of morpholine rings is 1. The van der Waals surface area contributed by atoms with Gasteiger partial charge in [0.05, 0.1) is 24.2 Å². The highest BCUT2D eigenvalue weighted by molar-refractivity contribution is 7.99. The molecule has 1 aliphatic carbocycles. The standard InChI is InChI=1S/C23H32N4O4S2/c28-33(29,26-11-14-30-15-12-26)21-10-5-6-18(16-21)22-24-25-23(27(22)19-7-1-2-8-19)32-17-20-9-3-4-13-31-20/h5-6,10,16,19-20H,1-4,7-9,11-15,17H2/t20-/m0/s1. The van der Waals surface area contributed by atoms with Gasteiger partial charge in [0, 0.05) is 37.1 Å². The Bertz CT molecular complexity index is 1040. The predicted molar refractivity (Wildman–Crippen MR) is 127 cm³/mol. The van der Waals surface area contributed by atoms with Crippen LogP contribution in [0.25, 0.3) is 11.4 Å². The minimum absolute atomic E-state index is 0.267. The summed E-state index contributed by atoms with van der Waals surface area (Å²) >= 11 is 1.71. The summed E-state index contributed by atoms with van der Waals surface area (Å²) < 4.78 is 41.4. The fourth-order valence-electron chi connectivity index (χ4n) is 4.90. The van der Waals surface area contributed by atoms with Crippen LogP contribution in [0.15, 0.2) is 34.3 Å². The van der Waals surface area contributed by atoms with Crippen molar-refractivity contribution in [1.29, 1.82) is 0 Å². The summed E-state index contributed by atoms with van der Waals surface area (Å²) in [6.45, 7) is 2.47. The molecule has 180 valence electrons. The molecular formula is C23H32N4O4S2. The first kappa shape index (κ1) is 23.3. The third kappa shape index (κ3) is 5.14. The van der Waals surface area contributed by atoms with Crippen LogP contribution in [0.4, 0.5) is 0 Å². The lowest BCUT2D eigenvalue weighted by atomic mass is 10.1. The topological polar surface area (TPSA) is 86.6 Å². The van der Waals surface area contributed by atoms with Gasteiger partial charge in [0.25, 0.3) is 0 Å². The van der Waals surface area contributed by atoms with Crippen LogP contribution in [0.5, 0.6) is 0 Å². The molecule has 3 fully saturated rings. The maximum absolute atomic E-state index is 13.2. The van der Waals surface area contributed by atoms with Gasteiger partial charge in [-0.1, -0.05) is 36.7 Å². The molecule has 2 aromatic rings. The Morgan fingerprint density at radius 2 is 1.79 bits per heavy atom. The lowest BCUT2D eigenvalue weighted by Gasteiger charge is -2.26. The third-order valence-electron chi connectivity index (χ3n) is 6.73. The van der Waals surface area contributed by atoms with Crippen molar-refractivity contribution in [3.8, 4) is 11.4 Å². The minimum atomic E-state index is -3.57. The average Bonchev–Trinajstić information content (AvgIpc) is 3.54. The van der Waals surface area contributed by atoms with Gasteiger partial charge in [-0.3, -0.25) is 4.57 Å². The number of sulfonamides is 1. The van der Waals surface area contributed by atoms with Crippen molar-refractivity contribution in [2.75, 3.05) is 38.7 Å². The number of thioether (sulfide) groups is 1. The van der Waals surface area contributed by atoms with E-state index >= 15 is 0 Å². The average molecular weight is 493 g/mol. The number of nitrogens with zero attached hydrogens (tertiary/aromatic N) is 4. The molecule has 33 heavy (non-hydrogen) atoms. The van der Waals surface area contributed by atoms with E-state index in [-0.39, 0.29) is 6.10 Å². The van der Waals surface area contributed by atoms with Gasteiger partial charge in [0.2, 0.25) is 10.0 Å². The molecule has 2 aliphatic heterocycles. The van der Waals surface area contributed by atoms with E-state index in [9.17, 15) is 8.42 Å². The molecule has 1 aromatic heterocycles. The summed E-state index contributed by atoms with van der Waals surface area (Å²) in [5.74, 6) is 1.63. The first-order chi connectivity index (χ1) is 16.1. The molecule has 1 aromatic carbocycles. The maximum Gasteiger partial charge on any atom is 0.243 e. The molecule has 0 spiro atoms. The van der Waals surface area contributed by atoms with Crippen LogP contribution in [0.2, 0.25) is 0 Å². The lowest BCUT2D eigenvalue weighted by Crippen LogP contribution is -2.40. The number of hydrogen-bond donors (Lipinski definition) is 0. The quantitative estimate of drug-likeness (QED) is 0.544. The zero-order valence-electron chi connectivity index (χ0n) is 18.9. The fourth-order valence-corrected chi connectivity index (χ4v) is 7.43. The summed E-state index contributed by atoms with van der Waals surface area (Å²) in [6, 6.07) is 7.51. The van der Waals surface area contributed by atoms with Gasteiger partial charge in [-0.2, -0.15) is 4.31 Å². The highest BCUT2D eigenvalue weighted by Gasteiger charge is 2.29. The van der Waals surface area contributed by atoms with Crippen LogP contribution in [-0.2, 0) is 19.5 Å². The van der Waals surface area contributed by atoms with Crippen molar-refractivity contribution in [2.45, 2.75) is 67.1 Å². The lowest BCUT2D eigenvalue weighted by molar-refractivity contribution is 0.0315. The Morgan fingerprint density at radius 3 is 2.55 bits per heavy atom. The van der Waals surface area contributed by atoms with Crippen LogP contribution < -0.4 is 0 Å². The van der Waals surface area contributed by atoms with E-state index in [2.05, 4.69) is 14.8 Å². The Balaban J connectivity index is 1.43. The van der Waals surface area contributed by atoms with E-state index in [4.69, 9.17) is 9.47 Å². The SMILES string of the molecule is O=S(=O)(c1cccc(-c2nnc(SC[C@@H]3CCCCO3)n2C2CCCC2)c1)N1CCOCC1. The van der Waals surface area contributed by atoms with Crippen molar-refractivity contribution in [3.05, 3.63) is 24.3 Å². The largest absolute Gasteiger partial charge is 0.379 e. The van der Waals surface area contributed by atoms with Crippen molar-refractivity contribution in [1.82, 2.24) is 19.1 Å². The van der Waals surface area contributed by atoms with Gasteiger partial charge in [-0.15, -0.1) is 10.2 Å². The van der Waals surface area contributed by atoms with E-state index in [1.54, 1.807) is 30.0 Å². The molecule has 0 N–H and O–H groups in total. The van der Waals surface area contributed by atoms with E-state index < -0.39 is 10.0 Å². The molecular weight excluding hydrogens is 460 g/mol. The minimum Gasteiger partial charge on any atom is -0.379 e. The zero-order chi connectivity index (χ0) is 22.7. The fraction of sp³-hybridized carbons (Fsp3) is 0.652. The molecule has 2 saturated heterocycles. The molecule has 0 bridgehead atoms. The molecule has 3 heterocycles. The van der Waals surface area contributed by atoms with E-state index in [0.717, 1.165) is 54.6 Å².